The van der Waals surface area contributed by atoms with Gasteiger partial charge in [-0.05, 0) is 73.5 Å². The molecule has 0 aliphatic heterocycles. The van der Waals surface area contributed by atoms with Crippen molar-refractivity contribution in [1.82, 2.24) is 0 Å². The second-order valence-corrected chi connectivity index (χ2v) is 6.48. The highest BCUT2D eigenvalue weighted by Crippen LogP contribution is 2.40. The minimum Gasteiger partial charge on any atom is -0.494 e. The van der Waals surface area contributed by atoms with E-state index in [2.05, 4.69) is 10.5 Å². The Morgan fingerprint density at radius 2 is 1.34 bits per heavy atom. The van der Waals surface area contributed by atoms with Crippen LogP contribution in [0.5, 0.6) is 11.5 Å². The van der Waals surface area contributed by atoms with Crippen molar-refractivity contribution in [1.29, 1.82) is 0 Å². The summed E-state index contributed by atoms with van der Waals surface area (Å²) in [6, 6.07) is 15.0. The Hall–Kier alpha value is -3.41. The van der Waals surface area contributed by atoms with Gasteiger partial charge in [0, 0.05) is 17.2 Å². The molecule has 1 aliphatic carbocycles. The number of nitrogens with one attached hydrogen (secondary N) is 1. The third-order valence-electron chi connectivity index (χ3n) is 4.62. The van der Waals surface area contributed by atoms with Gasteiger partial charge in [-0.1, -0.05) is 0 Å². The molecule has 0 saturated carbocycles. The molecule has 0 atom stereocenters. The zero-order chi connectivity index (χ0) is 20.4. The minimum atomic E-state index is -0.709. The van der Waals surface area contributed by atoms with Gasteiger partial charge in [0.15, 0.2) is 5.82 Å². The van der Waals surface area contributed by atoms with Gasteiger partial charge < -0.3 is 9.47 Å². The summed E-state index contributed by atoms with van der Waals surface area (Å²) >= 11 is 0. The Balaban J connectivity index is 1.80. The van der Waals surface area contributed by atoms with E-state index in [0.29, 0.717) is 18.9 Å². The van der Waals surface area contributed by atoms with Gasteiger partial charge in [0.25, 0.3) is 0 Å². The molecule has 0 spiro atoms. The van der Waals surface area contributed by atoms with Crippen LogP contribution in [-0.4, -0.2) is 18.9 Å². The van der Waals surface area contributed by atoms with Crippen LogP contribution in [0.4, 0.5) is 14.5 Å². The largest absolute Gasteiger partial charge is 0.494 e. The van der Waals surface area contributed by atoms with Gasteiger partial charge in [0.1, 0.15) is 17.3 Å². The van der Waals surface area contributed by atoms with Crippen molar-refractivity contribution in [3.8, 4) is 22.6 Å². The third-order valence-corrected chi connectivity index (χ3v) is 4.62. The molecule has 4 rings (SSSR count). The Morgan fingerprint density at radius 1 is 0.759 bits per heavy atom. The molecule has 4 nitrogen and oxygen atoms in total. The minimum absolute atomic E-state index is 0.0934. The molecule has 0 amide bonds. The number of benzene rings is 3. The number of hydrogen-bond donors (Lipinski definition) is 1. The van der Waals surface area contributed by atoms with E-state index in [1.807, 2.05) is 50.2 Å². The fourth-order valence-corrected chi connectivity index (χ4v) is 3.38. The first-order valence-corrected chi connectivity index (χ1v) is 9.44. The van der Waals surface area contributed by atoms with Gasteiger partial charge in [-0.3, -0.25) is 5.43 Å². The molecule has 0 aromatic heterocycles. The van der Waals surface area contributed by atoms with Crippen molar-refractivity contribution in [2.24, 2.45) is 5.10 Å². The molecule has 1 N–H and O–H groups in total. The highest BCUT2D eigenvalue weighted by Gasteiger charge is 2.26. The number of hydrazone groups is 1. The molecule has 0 unspecified atom stereocenters. The summed E-state index contributed by atoms with van der Waals surface area (Å²) in [5.41, 5.74) is 7.22. The van der Waals surface area contributed by atoms with Gasteiger partial charge in [0.2, 0.25) is 0 Å². The number of nitrogens with zero attached hydrogens (tertiary/aromatic N) is 1. The van der Waals surface area contributed by atoms with Crippen molar-refractivity contribution >= 4 is 11.4 Å². The topological polar surface area (TPSA) is 42.8 Å². The Labute approximate surface area is 167 Å². The van der Waals surface area contributed by atoms with Gasteiger partial charge in [0.05, 0.1) is 24.6 Å². The maximum Gasteiger partial charge on any atom is 0.151 e. The van der Waals surface area contributed by atoms with E-state index in [0.717, 1.165) is 39.8 Å². The van der Waals surface area contributed by atoms with Crippen molar-refractivity contribution in [3.05, 3.63) is 77.4 Å². The molecule has 0 saturated heterocycles. The lowest BCUT2D eigenvalue weighted by atomic mass is 10.1. The molecule has 0 bridgehead atoms. The molecular formula is C23H20F2N2O2. The van der Waals surface area contributed by atoms with Crippen LogP contribution in [0.25, 0.3) is 11.1 Å². The molecule has 3 aromatic rings. The summed E-state index contributed by atoms with van der Waals surface area (Å²) in [6.07, 6.45) is 0. The predicted molar refractivity (Wildman–Crippen MR) is 110 cm³/mol. The molecule has 0 heterocycles. The van der Waals surface area contributed by atoms with Crippen molar-refractivity contribution in [3.63, 3.8) is 0 Å². The van der Waals surface area contributed by atoms with Crippen LogP contribution in [0.1, 0.15) is 25.0 Å². The van der Waals surface area contributed by atoms with E-state index in [1.54, 1.807) is 0 Å². The summed E-state index contributed by atoms with van der Waals surface area (Å²) in [5.74, 6) is 0.105. The average Bonchev–Trinajstić information content (AvgIpc) is 3.00. The first kappa shape index (κ1) is 18.9. The zero-order valence-corrected chi connectivity index (χ0v) is 16.1. The number of ether oxygens (including phenoxy) is 2. The lowest BCUT2D eigenvalue weighted by Crippen LogP contribution is -2.05. The lowest BCUT2D eigenvalue weighted by molar-refractivity contribution is 0.340. The molecule has 29 heavy (non-hydrogen) atoms. The smallest absolute Gasteiger partial charge is 0.151 e. The van der Waals surface area contributed by atoms with Crippen molar-refractivity contribution in [2.45, 2.75) is 13.8 Å². The van der Waals surface area contributed by atoms with Crippen molar-refractivity contribution in [2.75, 3.05) is 18.6 Å². The van der Waals surface area contributed by atoms with E-state index < -0.39 is 11.6 Å². The Morgan fingerprint density at radius 3 is 1.86 bits per heavy atom. The average molecular weight is 394 g/mol. The van der Waals surface area contributed by atoms with Crippen molar-refractivity contribution < 1.29 is 18.3 Å². The van der Waals surface area contributed by atoms with Crippen LogP contribution in [0.2, 0.25) is 0 Å². The van der Waals surface area contributed by atoms with E-state index in [-0.39, 0.29) is 5.69 Å². The van der Waals surface area contributed by atoms with Crippen LogP contribution < -0.4 is 14.9 Å². The Kier molecular flexibility index (Phi) is 5.16. The Bertz CT molecular complexity index is 1040. The second kappa shape index (κ2) is 7.91. The van der Waals surface area contributed by atoms with Crippen LogP contribution in [-0.2, 0) is 0 Å². The summed E-state index contributed by atoms with van der Waals surface area (Å²) in [4.78, 5) is 0. The first-order chi connectivity index (χ1) is 14.1. The number of fused-ring (bicyclic) bond motifs is 3. The number of hydrogen-bond acceptors (Lipinski definition) is 4. The van der Waals surface area contributed by atoms with Crippen LogP contribution in [0, 0.1) is 11.6 Å². The van der Waals surface area contributed by atoms with Gasteiger partial charge in [-0.2, -0.15) is 5.10 Å². The van der Waals surface area contributed by atoms with Crippen LogP contribution in [0.15, 0.2) is 59.7 Å². The van der Waals surface area contributed by atoms with E-state index in [4.69, 9.17) is 9.47 Å². The monoisotopic (exact) mass is 394 g/mol. The molecule has 148 valence electrons. The van der Waals surface area contributed by atoms with E-state index >= 15 is 0 Å². The third kappa shape index (κ3) is 3.66. The summed E-state index contributed by atoms with van der Waals surface area (Å²) in [6.45, 7) is 4.94. The molecule has 0 fully saturated rings. The molecular weight excluding hydrogens is 374 g/mol. The number of halogens is 2. The molecule has 3 aromatic carbocycles. The highest BCUT2D eigenvalue weighted by atomic mass is 19.1. The lowest BCUT2D eigenvalue weighted by Gasteiger charge is -2.08. The standard InChI is InChI=1S/C23H20F2N2O2/c1-3-28-15-6-8-17-18-9-7-16(29-4-2)13-20(18)23(19(17)12-15)27-26-22-10-5-14(24)11-21(22)25/h5-13,26H,3-4H2,1-2H3. The quantitative estimate of drug-likeness (QED) is 0.433. The summed E-state index contributed by atoms with van der Waals surface area (Å²) in [5, 5.41) is 4.46. The van der Waals surface area contributed by atoms with Crippen LogP contribution >= 0.6 is 0 Å². The first-order valence-electron chi connectivity index (χ1n) is 9.44. The number of rotatable bonds is 6. The van der Waals surface area contributed by atoms with Gasteiger partial charge in [-0.15, -0.1) is 0 Å². The fourth-order valence-electron chi connectivity index (χ4n) is 3.38. The molecule has 6 heteroatoms. The number of anilines is 1. The normalized spacial score (nSPS) is 11.7. The maximum atomic E-state index is 14.0. The summed E-state index contributed by atoms with van der Waals surface area (Å²) in [7, 11) is 0. The predicted octanol–water partition coefficient (Wildman–Crippen LogP) is 5.61. The SMILES string of the molecule is CCOc1ccc2c(c1)C(=NNc1ccc(F)cc1F)c1cc(OCC)ccc1-2. The van der Waals surface area contributed by atoms with Gasteiger partial charge in [-0.25, -0.2) is 8.78 Å². The van der Waals surface area contributed by atoms with E-state index in [9.17, 15) is 8.78 Å². The molecule has 1 aliphatic rings. The molecule has 0 radical (unpaired) electrons. The fraction of sp³-hybridized carbons (Fsp3) is 0.174. The summed E-state index contributed by atoms with van der Waals surface area (Å²) < 4.78 is 38.5. The maximum absolute atomic E-state index is 14.0. The van der Waals surface area contributed by atoms with Gasteiger partial charge >= 0.3 is 0 Å². The zero-order valence-electron chi connectivity index (χ0n) is 16.1. The van der Waals surface area contributed by atoms with E-state index in [1.165, 1.54) is 12.1 Å². The van der Waals surface area contributed by atoms with Crippen LogP contribution in [0.3, 0.4) is 0 Å². The second-order valence-electron chi connectivity index (χ2n) is 6.48. The highest BCUT2D eigenvalue weighted by molar-refractivity contribution is 6.25.